The van der Waals surface area contributed by atoms with E-state index in [2.05, 4.69) is 5.32 Å². The van der Waals surface area contributed by atoms with Gasteiger partial charge in [-0.05, 0) is 49.7 Å². The minimum Gasteiger partial charge on any atom is -0.479 e. The minimum atomic E-state index is -0.665. The molecule has 0 bridgehead atoms. The maximum Gasteiger partial charge on any atom is 0.268 e. The number of hydrogen-bond acceptors (Lipinski definition) is 3. The molecule has 24 heavy (non-hydrogen) atoms. The highest BCUT2D eigenvalue weighted by molar-refractivity contribution is 6.06. The first-order valence-electron chi connectivity index (χ1n) is 7.58. The molecule has 1 atom stereocenters. The number of hydrogen-bond donors (Lipinski definition) is 1. The number of halogens is 1. The number of aryl methyl sites for hydroxylation is 1. The molecule has 2 amide bonds. The number of fused-ring (bicyclic) bond motifs is 1. The molecule has 2 aromatic rings. The highest BCUT2D eigenvalue weighted by atomic mass is 19.1. The van der Waals surface area contributed by atoms with Crippen LogP contribution < -0.4 is 15.0 Å². The molecule has 6 heteroatoms. The Morgan fingerprint density at radius 3 is 2.83 bits per heavy atom. The number of rotatable bonds is 3. The molecule has 0 saturated heterocycles. The van der Waals surface area contributed by atoms with Gasteiger partial charge in [0.15, 0.2) is 6.10 Å². The van der Waals surface area contributed by atoms with E-state index in [1.165, 1.54) is 23.1 Å². The fourth-order valence-electron chi connectivity index (χ4n) is 2.59. The Morgan fingerprint density at radius 1 is 1.29 bits per heavy atom. The zero-order chi connectivity index (χ0) is 17.3. The Morgan fingerprint density at radius 2 is 2.08 bits per heavy atom. The first-order valence-corrected chi connectivity index (χ1v) is 7.58. The fourth-order valence-corrected chi connectivity index (χ4v) is 2.59. The van der Waals surface area contributed by atoms with Crippen molar-refractivity contribution in [2.24, 2.45) is 0 Å². The average Bonchev–Trinajstić information content (AvgIpc) is 2.52. The van der Waals surface area contributed by atoms with Gasteiger partial charge in [0.1, 0.15) is 18.1 Å². The minimum absolute atomic E-state index is 0.167. The van der Waals surface area contributed by atoms with Crippen LogP contribution in [-0.2, 0) is 9.59 Å². The second-order valence-corrected chi connectivity index (χ2v) is 5.71. The van der Waals surface area contributed by atoms with Gasteiger partial charge in [0, 0.05) is 5.69 Å². The zero-order valence-corrected chi connectivity index (χ0v) is 13.4. The molecule has 0 fully saturated rings. The van der Waals surface area contributed by atoms with E-state index < -0.39 is 17.8 Å². The van der Waals surface area contributed by atoms with Crippen molar-refractivity contribution in [1.29, 1.82) is 0 Å². The number of ether oxygens (including phenoxy) is 1. The summed E-state index contributed by atoms with van der Waals surface area (Å²) in [7, 11) is 0. The second-order valence-electron chi connectivity index (χ2n) is 5.71. The quantitative estimate of drug-likeness (QED) is 0.942. The van der Waals surface area contributed by atoms with Gasteiger partial charge in [-0.1, -0.05) is 12.1 Å². The van der Waals surface area contributed by atoms with Gasteiger partial charge >= 0.3 is 0 Å². The van der Waals surface area contributed by atoms with Crippen LogP contribution in [0.5, 0.6) is 5.75 Å². The van der Waals surface area contributed by atoms with Crippen molar-refractivity contribution in [3.63, 3.8) is 0 Å². The number of nitrogens with one attached hydrogen (secondary N) is 1. The molecule has 2 aromatic carbocycles. The van der Waals surface area contributed by atoms with Crippen LogP contribution in [0.15, 0.2) is 42.5 Å². The normalized spacial score (nSPS) is 16.4. The number of amides is 2. The average molecular weight is 328 g/mol. The second kappa shape index (κ2) is 6.31. The van der Waals surface area contributed by atoms with Crippen LogP contribution in [0.4, 0.5) is 15.8 Å². The predicted octanol–water partition coefficient (Wildman–Crippen LogP) is 2.89. The third-order valence-corrected chi connectivity index (χ3v) is 3.73. The molecule has 0 aliphatic carbocycles. The van der Waals surface area contributed by atoms with E-state index >= 15 is 0 Å². The van der Waals surface area contributed by atoms with Gasteiger partial charge < -0.3 is 10.1 Å². The smallest absolute Gasteiger partial charge is 0.268 e. The number of carbonyl (C=O) groups is 2. The molecule has 1 heterocycles. The summed E-state index contributed by atoms with van der Waals surface area (Å²) in [6, 6.07) is 11.1. The van der Waals surface area contributed by atoms with Crippen molar-refractivity contribution in [2.75, 3.05) is 16.8 Å². The largest absolute Gasteiger partial charge is 0.479 e. The summed E-state index contributed by atoms with van der Waals surface area (Å²) in [6.45, 7) is 3.37. The van der Waals surface area contributed by atoms with Gasteiger partial charge in [-0.25, -0.2) is 4.39 Å². The van der Waals surface area contributed by atoms with Gasteiger partial charge in [0.25, 0.3) is 5.91 Å². The monoisotopic (exact) mass is 328 g/mol. The Kier molecular flexibility index (Phi) is 4.20. The van der Waals surface area contributed by atoms with E-state index in [1.54, 1.807) is 25.1 Å². The molecule has 1 aliphatic heterocycles. The molecule has 124 valence electrons. The Hall–Kier alpha value is -2.89. The topological polar surface area (TPSA) is 58.6 Å². The lowest BCUT2D eigenvalue weighted by atomic mass is 10.1. The summed E-state index contributed by atoms with van der Waals surface area (Å²) in [4.78, 5) is 26.1. The van der Waals surface area contributed by atoms with Gasteiger partial charge in [-0.3, -0.25) is 14.5 Å². The highest BCUT2D eigenvalue weighted by Gasteiger charge is 2.32. The highest BCUT2D eigenvalue weighted by Crippen LogP contribution is 2.34. The molecule has 0 spiro atoms. The fraction of sp³-hybridized carbons (Fsp3) is 0.222. The lowest BCUT2D eigenvalue weighted by Gasteiger charge is -2.32. The van der Waals surface area contributed by atoms with Crippen molar-refractivity contribution in [1.82, 2.24) is 0 Å². The van der Waals surface area contributed by atoms with E-state index in [4.69, 9.17) is 4.74 Å². The number of nitrogens with zero attached hydrogens (tertiary/aromatic N) is 1. The Balaban J connectivity index is 1.82. The number of anilines is 2. The van der Waals surface area contributed by atoms with Gasteiger partial charge in [-0.2, -0.15) is 0 Å². The van der Waals surface area contributed by atoms with Crippen LogP contribution in [0.25, 0.3) is 0 Å². The van der Waals surface area contributed by atoms with Crippen LogP contribution in [0.2, 0.25) is 0 Å². The standard InChI is InChI=1S/C18H17FN2O3/c1-11-6-7-16-15(8-11)21(18(23)12(2)24-16)10-17(22)20-14-5-3-4-13(19)9-14/h3-9,12H,10H2,1-2H3,(H,20,22)/t12-/m0/s1. The molecular formula is C18H17FN2O3. The van der Waals surface area contributed by atoms with Crippen LogP contribution in [-0.4, -0.2) is 24.5 Å². The SMILES string of the molecule is Cc1ccc2c(c1)N(CC(=O)Nc1cccc(F)c1)C(=O)[C@H](C)O2. The van der Waals surface area contributed by atoms with E-state index in [9.17, 15) is 14.0 Å². The molecule has 0 aromatic heterocycles. The zero-order valence-electron chi connectivity index (χ0n) is 13.4. The van der Waals surface area contributed by atoms with E-state index in [0.717, 1.165) is 5.56 Å². The Labute approximate surface area is 139 Å². The third kappa shape index (κ3) is 3.22. The molecule has 1 N–H and O–H groups in total. The van der Waals surface area contributed by atoms with E-state index in [-0.39, 0.29) is 12.5 Å². The van der Waals surface area contributed by atoms with E-state index in [0.29, 0.717) is 17.1 Å². The van der Waals surface area contributed by atoms with Crippen LogP contribution in [0.3, 0.4) is 0 Å². The van der Waals surface area contributed by atoms with E-state index in [1.807, 2.05) is 13.0 Å². The molecular weight excluding hydrogens is 311 g/mol. The van der Waals surface area contributed by atoms with Crippen molar-refractivity contribution in [3.05, 3.63) is 53.8 Å². The third-order valence-electron chi connectivity index (χ3n) is 3.73. The summed E-state index contributed by atoms with van der Waals surface area (Å²) >= 11 is 0. The van der Waals surface area contributed by atoms with Crippen LogP contribution >= 0.6 is 0 Å². The number of carbonyl (C=O) groups excluding carboxylic acids is 2. The maximum atomic E-state index is 13.2. The van der Waals surface area contributed by atoms with Gasteiger partial charge in [-0.15, -0.1) is 0 Å². The van der Waals surface area contributed by atoms with Gasteiger partial charge in [0.05, 0.1) is 5.69 Å². The molecule has 0 unspecified atom stereocenters. The summed E-state index contributed by atoms with van der Waals surface area (Å²) in [5.74, 6) is -0.575. The molecule has 1 aliphatic rings. The van der Waals surface area contributed by atoms with Crippen LogP contribution in [0.1, 0.15) is 12.5 Å². The summed E-state index contributed by atoms with van der Waals surface area (Å²) < 4.78 is 18.8. The molecule has 0 radical (unpaired) electrons. The van der Waals surface area contributed by atoms with Crippen molar-refractivity contribution in [2.45, 2.75) is 20.0 Å². The molecule has 3 rings (SSSR count). The maximum absolute atomic E-state index is 13.2. The van der Waals surface area contributed by atoms with Crippen molar-refractivity contribution < 1.29 is 18.7 Å². The summed E-state index contributed by atoms with van der Waals surface area (Å²) in [6.07, 6.45) is -0.665. The lowest BCUT2D eigenvalue weighted by molar-refractivity contribution is -0.127. The lowest BCUT2D eigenvalue weighted by Crippen LogP contribution is -2.47. The van der Waals surface area contributed by atoms with Crippen molar-refractivity contribution >= 4 is 23.2 Å². The first-order chi connectivity index (χ1) is 11.4. The molecule has 0 saturated carbocycles. The summed E-state index contributed by atoms with van der Waals surface area (Å²) in [5, 5.41) is 2.60. The summed E-state index contributed by atoms with van der Waals surface area (Å²) in [5.41, 5.74) is 1.86. The number of benzene rings is 2. The molecule has 5 nitrogen and oxygen atoms in total. The van der Waals surface area contributed by atoms with Crippen LogP contribution in [0, 0.1) is 12.7 Å². The van der Waals surface area contributed by atoms with Gasteiger partial charge in [0.2, 0.25) is 5.91 Å². The first kappa shape index (κ1) is 16.0. The van der Waals surface area contributed by atoms with Crippen molar-refractivity contribution in [3.8, 4) is 5.75 Å². The predicted molar refractivity (Wildman–Crippen MR) is 88.7 cm³/mol. The Bertz CT molecular complexity index is 807.